The number of hydrogen-bond donors (Lipinski definition) is 1. The number of hydrogen-bond acceptors (Lipinski definition) is 6. The molecule has 6 nitrogen and oxygen atoms in total. The molecule has 1 aromatic carbocycles. The summed E-state index contributed by atoms with van der Waals surface area (Å²) in [6.45, 7) is 4.15. The molecule has 4 atom stereocenters. The number of carbonyl (C=O) groups is 2. The average Bonchev–Trinajstić information content (AvgIpc) is 3.00. The molecule has 0 unspecified atom stereocenters. The summed E-state index contributed by atoms with van der Waals surface area (Å²) in [5.74, 6) is 0.226. The van der Waals surface area contributed by atoms with E-state index in [1.54, 1.807) is 6.92 Å². The van der Waals surface area contributed by atoms with Gasteiger partial charge in [0.25, 0.3) is 0 Å². The average molecular weight is 453 g/mol. The Bertz CT molecular complexity index is 735. The molecule has 2 rings (SSSR count). The highest BCUT2D eigenvalue weighted by Crippen LogP contribution is 2.39. The second-order valence-corrected chi connectivity index (χ2v) is 8.35. The van der Waals surface area contributed by atoms with E-state index in [-0.39, 0.29) is 35.8 Å². The third-order valence-electron chi connectivity index (χ3n) is 5.39. The van der Waals surface area contributed by atoms with E-state index in [9.17, 15) is 14.7 Å². The summed E-state index contributed by atoms with van der Waals surface area (Å²) in [5.41, 5.74) is 0.845. The molecule has 7 heteroatoms. The van der Waals surface area contributed by atoms with Crippen molar-refractivity contribution in [2.75, 3.05) is 13.2 Å². The van der Waals surface area contributed by atoms with Gasteiger partial charge in [0.2, 0.25) is 0 Å². The summed E-state index contributed by atoms with van der Waals surface area (Å²) in [7, 11) is 0. The van der Waals surface area contributed by atoms with Gasteiger partial charge in [0, 0.05) is 24.6 Å². The largest absolute Gasteiger partial charge is 0.493 e. The number of benzene rings is 1. The SMILES string of the molecule is CCOC(=O)CCC/C=C\C[C@@H]1[C@@H](COc2cccc(COC(C)=O)c2)[C@H](O)C[C@H]1Cl. The maximum absolute atomic E-state index is 11.4. The molecular weight excluding hydrogens is 420 g/mol. The molecule has 0 radical (unpaired) electrons. The van der Waals surface area contributed by atoms with Crippen LogP contribution in [-0.4, -0.2) is 41.7 Å². The highest BCUT2D eigenvalue weighted by molar-refractivity contribution is 6.21. The number of aliphatic hydroxyl groups excluding tert-OH is 1. The van der Waals surface area contributed by atoms with Crippen LogP contribution in [0.25, 0.3) is 0 Å². The topological polar surface area (TPSA) is 82.1 Å². The van der Waals surface area contributed by atoms with E-state index in [1.165, 1.54) is 6.92 Å². The molecule has 0 heterocycles. The Hall–Kier alpha value is -2.05. The van der Waals surface area contributed by atoms with Gasteiger partial charge in [0.05, 0.1) is 19.3 Å². The van der Waals surface area contributed by atoms with Gasteiger partial charge in [-0.3, -0.25) is 9.59 Å². The molecule has 1 saturated carbocycles. The van der Waals surface area contributed by atoms with Crippen molar-refractivity contribution in [2.45, 2.75) is 64.0 Å². The third-order valence-corrected chi connectivity index (χ3v) is 5.89. The molecule has 0 aromatic heterocycles. The monoisotopic (exact) mass is 452 g/mol. The van der Waals surface area contributed by atoms with Crippen LogP contribution in [0.3, 0.4) is 0 Å². The number of unbranched alkanes of at least 4 members (excludes halogenated alkanes) is 1. The second-order valence-electron chi connectivity index (χ2n) is 7.79. The van der Waals surface area contributed by atoms with Crippen LogP contribution >= 0.6 is 11.6 Å². The van der Waals surface area contributed by atoms with Crippen LogP contribution in [0.15, 0.2) is 36.4 Å². The molecule has 172 valence electrons. The van der Waals surface area contributed by atoms with Crippen molar-refractivity contribution in [3.63, 3.8) is 0 Å². The van der Waals surface area contributed by atoms with Crippen molar-refractivity contribution in [1.29, 1.82) is 0 Å². The molecule has 31 heavy (non-hydrogen) atoms. The Morgan fingerprint density at radius 2 is 2.03 bits per heavy atom. The van der Waals surface area contributed by atoms with Crippen molar-refractivity contribution < 1.29 is 28.9 Å². The number of rotatable bonds is 12. The first kappa shape index (κ1) is 25.2. The van der Waals surface area contributed by atoms with Crippen LogP contribution in [-0.2, 0) is 25.7 Å². The normalized spacial score (nSPS) is 23.1. The van der Waals surface area contributed by atoms with Crippen LogP contribution in [0.2, 0.25) is 0 Å². The summed E-state index contributed by atoms with van der Waals surface area (Å²) < 4.78 is 15.9. The van der Waals surface area contributed by atoms with E-state index in [1.807, 2.05) is 24.3 Å². The standard InChI is InChI=1S/C24H33ClO6/c1-3-29-24(28)12-7-5-4-6-11-20-21(23(27)14-22(20)25)16-31-19-10-8-9-18(13-19)15-30-17(2)26/h4,6,8-10,13,20-23,27H,3,5,7,11-12,14-16H2,1-2H3/b6-4-/t20-,21-,22-,23-/m1/s1. The maximum Gasteiger partial charge on any atom is 0.305 e. The summed E-state index contributed by atoms with van der Waals surface area (Å²) >= 11 is 6.50. The van der Waals surface area contributed by atoms with Crippen molar-refractivity contribution in [3.05, 3.63) is 42.0 Å². The Balaban J connectivity index is 1.82. The molecule has 0 amide bonds. The second kappa shape index (κ2) is 13.4. The summed E-state index contributed by atoms with van der Waals surface area (Å²) in [5, 5.41) is 10.4. The molecule has 0 aliphatic heterocycles. The van der Waals surface area contributed by atoms with Crippen LogP contribution in [0.5, 0.6) is 5.75 Å². The van der Waals surface area contributed by atoms with E-state index < -0.39 is 6.10 Å². The Morgan fingerprint density at radius 1 is 1.23 bits per heavy atom. The van der Waals surface area contributed by atoms with Crippen LogP contribution in [0, 0.1) is 11.8 Å². The maximum atomic E-state index is 11.4. The molecule has 0 bridgehead atoms. The fraction of sp³-hybridized carbons (Fsp3) is 0.583. The van der Waals surface area contributed by atoms with Gasteiger partial charge in [-0.05, 0) is 56.2 Å². The third kappa shape index (κ3) is 8.91. The van der Waals surface area contributed by atoms with E-state index >= 15 is 0 Å². The number of ether oxygens (including phenoxy) is 3. The smallest absolute Gasteiger partial charge is 0.305 e. The minimum atomic E-state index is -0.506. The molecule has 0 spiro atoms. The lowest BCUT2D eigenvalue weighted by molar-refractivity contribution is -0.143. The van der Waals surface area contributed by atoms with Gasteiger partial charge in [-0.2, -0.15) is 0 Å². The van der Waals surface area contributed by atoms with Gasteiger partial charge in [0.1, 0.15) is 12.4 Å². The van der Waals surface area contributed by atoms with Gasteiger partial charge in [0.15, 0.2) is 0 Å². The number of halogens is 1. The van der Waals surface area contributed by atoms with Crippen LogP contribution < -0.4 is 4.74 Å². The zero-order valence-electron chi connectivity index (χ0n) is 18.3. The van der Waals surface area contributed by atoms with E-state index in [4.69, 9.17) is 25.8 Å². The quantitative estimate of drug-likeness (QED) is 0.219. The molecule has 0 saturated heterocycles. The molecule has 1 aromatic rings. The number of esters is 2. The minimum absolute atomic E-state index is 0.0659. The predicted molar refractivity (Wildman–Crippen MR) is 119 cm³/mol. The Morgan fingerprint density at radius 3 is 2.77 bits per heavy atom. The Labute approximate surface area is 189 Å². The molecule has 1 aliphatic rings. The fourth-order valence-electron chi connectivity index (χ4n) is 3.76. The zero-order valence-corrected chi connectivity index (χ0v) is 19.1. The van der Waals surface area contributed by atoms with Gasteiger partial charge in [-0.15, -0.1) is 11.6 Å². The number of carbonyl (C=O) groups excluding carboxylic acids is 2. The molecule has 1 aliphatic carbocycles. The first-order chi connectivity index (χ1) is 14.9. The van der Waals surface area contributed by atoms with Crippen molar-refractivity contribution in [3.8, 4) is 5.75 Å². The van der Waals surface area contributed by atoms with Crippen molar-refractivity contribution in [1.82, 2.24) is 0 Å². The van der Waals surface area contributed by atoms with E-state index in [0.717, 1.165) is 24.8 Å². The number of allylic oxidation sites excluding steroid dienone is 2. The summed E-state index contributed by atoms with van der Waals surface area (Å²) in [4.78, 5) is 22.3. The lowest BCUT2D eigenvalue weighted by Crippen LogP contribution is -2.27. The number of aliphatic hydroxyl groups is 1. The summed E-state index contributed by atoms with van der Waals surface area (Å²) in [6.07, 6.45) is 6.91. The first-order valence-electron chi connectivity index (χ1n) is 10.9. The van der Waals surface area contributed by atoms with Crippen molar-refractivity contribution >= 4 is 23.5 Å². The predicted octanol–water partition coefficient (Wildman–Crippen LogP) is 4.41. The highest BCUT2D eigenvalue weighted by atomic mass is 35.5. The van der Waals surface area contributed by atoms with E-state index in [2.05, 4.69) is 12.2 Å². The van der Waals surface area contributed by atoms with Gasteiger partial charge >= 0.3 is 11.9 Å². The zero-order chi connectivity index (χ0) is 22.6. The van der Waals surface area contributed by atoms with E-state index in [0.29, 0.717) is 31.8 Å². The minimum Gasteiger partial charge on any atom is -0.493 e. The highest BCUT2D eigenvalue weighted by Gasteiger charge is 2.41. The van der Waals surface area contributed by atoms with Crippen molar-refractivity contribution in [2.24, 2.45) is 11.8 Å². The van der Waals surface area contributed by atoms with Gasteiger partial charge < -0.3 is 19.3 Å². The fourth-order valence-corrected chi connectivity index (χ4v) is 4.23. The molecular formula is C24H33ClO6. The lowest BCUT2D eigenvalue weighted by atomic mass is 9.92. The number of alkyl halides is 1. The first-order valence-corrected chi connectivity index (χ1v) is 11.3. The van der Waals surface area contributed by atoms with Gasteiger partial charge in [-0.25, -0.2) is 0 Å². The lowest BCUT2D eigenvalue weighted by Gasteiger charge is -2.22. The van der Waals surface area contributed by atoms with Crippen LogP contribution in [0.4, 0.5) is 0 Å². The van der Waals surface area contributed by atoms with Crippen LogP contribution in [0.1, 0.15) is 51.5 Å². The Kier molecular flexibility index (Phi) is 10.9. The summed E-state index contributed by atoms with van der Waals surface area (Å²) in [6, 6.07) is 7.39. The van der Waals surface area contributed by atoms with Gasteiger partial charge in [-0.1, -0.05) is 24.3 Å². The molecule has 1 fully saturated rings. The molecule has 1 N–H and O–H groups in total.